The van der Waals surface area contributed by atoms with Crippen molar-refractivity contribution in [1.29, 1.82) is 0 Å². The van der Waals surface area contributed by atoms with Crippen LogP contribution in [0.25, 0.3) is 0 Å². The molecule has 7 heteroatoms. The molecule has 2 heterocycles. The molecule has 0 saturated carbocycles. The number of carbonyl (C=O) groups excluding carboxylic acids is 2. The number of ether oxygens (including phenoxy) is 1. The van der Waals surface area contributed by atoms with Crippen LogP contribution in [-0.4, -0.2) is 56.8 Å². The Morgan fingerprint density at radius 3 is 2.50 bits per heavy atom. The molecule has 0 spiro atoms. The van der Waals surface area contributed by atoms with Crippen LogP contribution in [0.2, 0.25) is 0 Å². The standard InChI is InChI=1S/C23H32N4O3/c1-6-21(28)25-12-13-27(22(29)30-23(3,4)5)20(16-25)19-15-26(24-17(19)2)14-18-10-8-7-9-11-18/h7-11,15,20H,6,12-14,16H2,1-5H3. The summed E-state index contributed by atoms with van der Waals surface area (Å²) in [7, 11) is 0. The van der Waals surface area contributed by atoms with E-state index in [9.17, 15) is 9.59 Å². The van der Waals surface area contributed by atoms with Crippen molar-refractivity contribution in [3.63, 3.8) is 0 Å². The van der Waals surface area contributed by atoms with Gasteiger partial charge in [-0.2, -0.15) is 5.10 Å². The molecule has 1 aromatic carbocycles. The van der Waals surface area contributed by atoms with Crippen molar-refractivity contribution in [2.75, 3.05) is 19.6 Å². The van der Waals surface area contributed by atoms with Crippen LogP contribution in [-0.2, 0) is 16.1 Å². The maximum absolute atomic E-state index is 12.9. The Labute approximate surface area is 178 Å². The van der Waals surface area contributed by atoms with Gasteiger partial charge in [-0.1, -0.05) is 37.3 Å². The largest absolute Gasteiger partial charge is 0.444 e. The van der Waals surface area contributed by atoms with Crippen LogP contribution in [0.15, 0.2) is 36.5 Å². The van der Waals surface area contributed by atoms with E-state index in [-0.39, 0.29) is 18.0 Å². The van der Waals surface area contributed by atoms with Crippen molar-refractivity contribution in [3.05, 3.63) is 53.3 Å². The first-order valence-corrected chi connectivity index (χ1v) is 10.5. The third kappa shape index (κ3) is 5.20. The summed E-state index contributed by atoms with van der Waals surface area (Å²) in [5.74, 6) is 0.0955. The van der Waals surface area contributed by atoms with Gasteiger partial charge in [0.1, 0.15) is 5.60 Å². The third-order valence-electron chi connectivity index (χ3n) is 5.19. The summed E-state index contributed by atoms with van der Waals surface area (Å²) in [6.07, 6.45) is 2.08. The Bertz CT molecular complexity index is 886. The maximum Gasteiger partial charge on any atom is 0.410 e. The lowest BCUT2D eigenvalue weighted by atomic mass is 10.0. The summed E-state index contributed by atoms with van der Waals surface area (Å²) in [5, 5.41) is 4.67. The number of piperazine rings is 1. The van der Waals surface area contributed by atoms with Gasteiger partial charge in [-0.05, 0) is 33.3 Å². The van der Waals surface area contributed by atoms with Crippen molar-refractivity contribution in [1.82, 2.24) is 19.6 Å². The average molecular weight is 413 g/mol. The minimum absolute atomic E-state index is 0.0955. The lowest BCUT2D eigenvalue weighted by molar-refractivity contribution is -0.134. The SMILES string of the molecule is CCC(=O)N1CCN(C(=O)OC(C)(C)C)C(c2cn(Cc3ccccc3)nc2C)C1. The number of carbonyl (C=O) groups is 2. The Morgan fingerprint density at radius 1 is 1.17 bits per heavy atom. The third-order valence-corrected chi connectivity index (χ3v) is 5.19. The zero-order chi connectivity index (χ0) is 21.9. The van der Waals surface area contributed by atoms with Crippen LogP contribution in [0.5, 0.6) is 0 Å². The van der Waals surface area contributed by atoms with E-state index in [1.165, 1.54) is 0 Å². The Hall–Kier alpha value is -2.83. The summed E-state index contributed by atoms with van der Waals surface area (Å²) in [6.45, 7) is 11.4. The summed E-state index contributed by atoms with van der Waals surface area (Å²) >= 11 is 0. The smallest absolute Gasteiger partial charge is 0.410 e. The first-order valence-electron chi connectivity index (χ1n) is 10.5. The topological polar surface area (TPSA) is 67.7 Å². The molecule has 1 unspecified atom stereocenters. The Kier molecular flexibility index (Phi) is 6.48. The van der Waals surface area contributed by atoms with Crippen LogP contribution in [0, 0.1) is 6.92 Å². The van der Waals surface area contributed by atoms with Gasteiger partial charge in [-0.25, -0.2) is 4.79 Å². The average Bonchev–Trinajstić information content (AvgIpc) is 3.06. The van der Waals surface area contributed by atoms with Gasteiger partial charge in [0, 0.05) is 37.8 Å². The van der Waals surface area contributed by atoms with Gasteiger partial charge in [0.2, 0.25) is 5.91 Å². The maximum atomic E-state index is 12.9. The zero-order valence-corrected chi connectivity index (χ0v) is 18.6. The number of rotatable bonds is 4. The van der Waals surface area contributed by atoms with Gasteiger partial charge >= 0.3 is 6.09 Å². The van der Waals surface area contributed by atoms with Crippen molar-refractivity contribution < 1.29 is 14.3 Å². The van der Waals surface area contributed by atoms with E-state index in [2.05, 4.69) is 17.2 Å². The number of nitrogens with zero attached hydrogens (tertiary/aromatic N) is 4. The molecule has 7 nitrogen and oxygen atoms in total. The number of benzene rings is 1. The van der Waals surface area contributed by atoms with Crippen molar-refractivity contribution >= 4 is 12.0 Å². The fourth-order valence-corrected chi connectivity index (χ4v) is 3.75. The number of hydrogen-bond acceptors (Lipinski definition) is 4. The molecule has 1 aromatic heterocycles. The van der Waals surface area contributed by atoms with E-state index in [1.54, 1.807) is 4.90 Å². The molecular formula is C23H32N4O3. The van der Waals surface area contributed by atoms with E-state index < -0.39 is 5.60 Å². The highest BCUT2D eigenvalue weighted by Gasteiger charge is 2.37. The van der Waals surface area contributed by atoms with E-state index in [0.29, 0.717) is 32.6 Å². The highest BCUT2D eigenvalue weighted by molar-refractivity contribution is 5.76. The highest BCUT2D eigenvalue weighted by atomic mass is 16.6. The zero-order valence-electron chi connectivity index (χ0n) is 18.6. The molecule has 0 aliphatic carbocycles. The quantitative estimate of drug-likeness (QED) is 0.767. The molecule has 0 N–H and O–H groups in total. The van der Waals surface area contributed by atoms with Crippen LogP contribution in [0.4, 0.5) is 4.79 Å². The summed E-state index contributed by atoms with van der Waals surface area (Å²) in [5.41, 5.74) is 2.38. The van der Waals surface area contributed by atoms with Gasteiger partial charge in [-0.3, -0.25) is 14.4 Å². The van der Waals surface area contributed by atoms with Gasteiger partial charge in [0.25, 0.3) is 0 Å². The lowest BCUT2D eigenvalue weighted by Crippen LogP contribution is -2.53. The van der Waals surface area contributed by atoms with Crippen LogP contribution >= 0.6 is 0 Å². The second-order valence-corrected chi connectivity index (χ2v) is 8.74. The van der Waals surface area contributed by atoms with Crippen molar-refractivity contribution in [2.45, 2.75) is 59.2 Å². The molecule has 1 saturated heterocycles. The monoisotopic (exact) mass is 412 g/mol. The molecule has 2 aromatic rings. The minimum atomic E-state index is -0.579. The predicted octanol–water partition coefficient (Wildman–Crippen LogP) is 3.77. The van der Waals surface area contributed by atoms with E-state index >= 15 is 0 Å². The molecule has 1 aliphatic rings. The first kappa shape index (κ1) is 21.9. The molecule has 1 aliphatic heterocycles. The van der Waals surface area contributed by atoms with E-state index in [0.717, 1.165) is 16.8 Å². The number of hydrogen-bond donors (Lipinski definition) is 0. The predicted molar refractivity (Wildman–Crippen MR) is 115 cm³/mol. The first-order chi connectivity index (χ1) is 14.2. The van der Waals surface area contributed by atoms with Gasteiger partial charge in [0.05, 0.1) is 18.3 Å². The Balaban J connectivity index is 1.88. The number of aromatic nitrogens is 2. The molecule has 1 fully saturated rings. The van der Waals surface area contributed by atoms with Gasteiger partial charge in [0.15, 0.2) is 0 Å². The van der Waals surface area contributed by atoms with Crippen molar-refractivity contribution in [3.8, 4) is 0 Å². The van der Waals surface area contributed by atoms with Crippen LogP contribution < -0.4 is 0 Å². The van der Waals surface area contributed by atoms with Crippen molar-refractivity contribution in [2.24, 2.45) is 0 Å². The minimum Gasteiger partial charge on any atom is -0.444 e. The second-order valence-electron chi connectivity index (χ2n) is 8.74. The highest BCUT2D eigenvalue weighted by Crippen LogP contribution is 2.29. The Morgan fingerprint density at radius 2 is 1.87 bits per heavy atom. The van der Waals surface area contributed by atoms with Gasteiger partial charge < -0.3 is 9.64 Å². The second kappa shape index (κ2) is 8.90. The van der Waals surface area contributed by atoms with Crippen LogP contribution in [0.3, 0.4) is 0 Å². The molecular weight excluding hydrogens is 380 g/mol. The molecule has 1 atom stereocenters. The normalized spacial score (nSPS) is 17.2. The molecule has 0 bridgehead atoms. The number of amides is 2. The van der Waals surface area contributed by atoms with E-state index in [4.69, 9.17) is 4.74 Å². The number of aryl methyl sites for hydroxylation is 1. The fraction of sp³-hybridized carbons (Fsp3) is 0.522. The lowest BCUT2D eigenvalue weighted by Gasteiger charge is -2.41. The van der Waals surface area contributed by atoms with E-state index in [1.807, 2.05) is 68.6 Å². The molecule has 2 amide bonds. The van der Waals surface area contributed by atoms with Gasteiger partial charge in [-0.15, -0.1) is 0 Å². The fourth-order valence-electron chi connectivity index (χ4n) is 3.75. The summed E-state index contributed by atoms with van der Waals surface area (Å²) < 4.78 is 7.55. The molecule has 3 rings (SSSR count). The summed E-state index contributed by atoms with van der Waals surface area (Å²) in [6, 6.07) is 9.84. The summed E-state index contributed by atoms with van der Waals surface area (Å²) in [4.78, 5) is 28.8. The molecule has 0 radical (unpaired) electrons. The molecule has 30 heavy (non-hydrogen) atoms. The molecule has 162 valence electrons. The van der Waals surface area contributed by atoms with Crippen LogP contribution in [0.1, 0.15) is 57.0 Å².